The van der Waals surface area contributed by atoms with Gasteiger partial charge in [0, 0.05) is 5.56 Å². The highest BCUT2D eigenvalue weighted by Gasteiger charge is 2.12. The summed E-state index contributed by atoms with van der Waals surface area (Å²) in [5, 5.41) is 0. The van der Waals surface area contributed by atoms with Crippen LogP contribution in [0.4, 0.5) is 4.39 Å². The van der Waals surface area contributed by atoms with Crippen molar-refractivity contribution < 1.29 is 4.39 Å². The van der Waals surface area contributed by atoms with Crippen LogP contribution < -0.4 is 0 Å². The minimum Gasteiger partial charge on any atom is -0.206 e. The normalized spacial score (nSPS) is 13.4. The van der Waals surface area contributed by atoms with Gasteiger partial charge in [0.25, 0.3) is 0 Å². The first kappa shape index (κ1) is 23.6. The van der Waals surface area contributed by atoms with E-state index >= 15 is 0 Å². The zero-order chi connectivity index (χ0) is 21.1. The molecule has 0 amide bonds. The molecule has 0 fully saturated rings. The molecule has 2 aromatic rings. The van der Waals surface area contributed by atoms with Gasteiger partial charge in [-0.05, 0) is 60.3 Å². The van der Waals surface area contributed by atoms with E-state index in [0.717, 1.165) is 35.4 Å². The maximum atomic E-state index is 14.8. The number of unbranched alkanes of at least 4 members (excludes halogenated alkanes) is 1. The molecule has 0 spiro atoms. The van der Waals surface area contributed by atoms with Gasteiger partial charge in [0.15, 0.2) is 0 Å². The fourth-order valence-corrected chi connectivity index (χ4v) is 4.45. The largest absolute Gasteiger partial charge is 0.206 e. The van der Waals surface area contributed by atoms with Crippen LogP contribution in [0.2, 0.25) is 0 Å². The summed E-state index contributed by atoms with van der Waals surface area (Å²) in [6.07, 6.45) is 12.1. The van der Waals surface area contributed by atoms with Crippen LogP contribution in [0, 0.1) is 11.7 Å². The number of hydrogen-bond acceptors (Lipinski definition) is 0. The van der Waals surface area contributed by atoms with Gasteiger partial charge < -0.3 is 0 Å². The summed E-state index contributed by atoms with van der Waals surface area (Å²) in [6, 6.07) is 14.5. The van der Waals surface area contributed by atoms with Gasteiger partial charge in [-0.2, -0.15) is 0 Å². The lowest BCUT2D eigenvalue weighted by Gasteiger charge is -2.17. The molecule has 2 unspecified atom stereocenters. The Bertz CT molecular complexity index is 701. The lowest BCUT2D eigenvalue weighted by Crippen LogP contribution is -1.99. The van der Waals surface area contributed by atoms with Crippen molar-refractivity contribution in [1.29, 1.82) is 0 Å². The molecular formula is C28H41F. The first-order chi connectivity index (χ1) is 14.1. The molecule has 0 heterocycles. The van der Waals surface area contributed by atoms with Gasteiger partial charge in [0.2, 0.25) is 0 Å². The Morgan fingerprint density at radius 3 is 2.10 bits per heavy atom. The molecule has 0 aromatic heterocycles. The van der Waals surface area contributed by atoms with E-state index in [4.69, 9.17) is 0 Å². The maximum absolute atomic E-state index is 14.8. The molecule has 2 atom stereocenters. The van der Waals surface area contributed by atoms with E-state index < -0.39 is 0 Å². The predicted molar refractivity (Wildman–Crippen MR) is 126 cm³/mol. The fraction of sp³-hybridized carbons (Fsp3) is 0.571. The molecule has 0 aliphatic carbocycles. The molecule has 0 radical (unpaired) electrons. The molecule has 0 aliphatic rings. The van der Waals surface area contributed by atoms with Crippen molar-refractivity contribution in [3.05, 3.63) is 59.4 Å². The number of rotatable bonds is 13. The number of halogens is 1. The quantitative estimate of drug-likeness (QED) is 0.316. The summed E-state index contributed by atoms with van der Waals surface area (Å²) in [4.78, 5) is 0. The van der Waals surface area contributed by atoms with E-state index in [1.54, 1.807) is 6.07 Å². The summed E-state index contributed by atoms with van der Waals surface area (Å²) in [5.74, 6) is 1.32. The Hall–Kier alpha value is -1.63. The molecule has 160 valence electrons. The van der Waals surface area contributed by atoms with Gasteiger partial charge in [0.05, 0.1) is 0 Å². The number of hydrogen-bond donors (Lipinski definition) is 0. The summed E-state index contributed by atoms with van der Waals surface area (Å²) in [6.45, 7) is 9.08. The Morgan fingerprint density at radius 2 is 1.48 bits per heavy atom. The van der Waals surface area contributed by atoms with Gasteiger partial charge in [-0.1, -0.05) is 103 Å². The molecule has 1 heteroatoms. The van der Waals surface area contributed by atoms with Crippen molar-refractivity contribution in [3.8, 4) is 11.1 Å². The number of aryl methyl sites for hydroxylation is 1. The third-order valence-electron chi connectivity index (χ3n) is 6.21. The van der Waals surface area contributed by atoms with Crippen molar-refractivity contribution in [1.82, 2.24) is 0 Å². The van der Waals surface area contributed by atoms with Gasteiger partial charge in [-0.3, -0.25) is 0 Å². The van der Waals surface area contributed by atoms with E-state index in [0.29, 0.717) is 5.92 Å². The zero-order valence-corrected chi connectivity index (χ0v) is 19.1. The molecule has 0 saturated heterocycles. The molecule has 0 nitrogen and oxygen atoms in total. The van der Waals surface area contributed by atoms with Crippen molar-refractivity contribution in [3.63, 3.8) is 0 Å². The van der Waals surface area contributed by atoms with E-state index in [1.165, 1.54) is 56.9 Å². The monoisotopic (exact) mass is 396 g/mol. The van der Waals surface area contributed by atoms with E-state index in [2.05, 4.69) is 58.0 Å². The maximum Gasteiger partial charge on any atom is 0.131 e. The second kappa shape index (κ2) is 12.8. The van der Waals surface area contributed by atoms with Crippen LogP contribution in [0.3, 0.4) is 0 Å². The van der Waals surface area contributed by atoms with Crippen LogP contribution in [0.25, 0.3) is 11.1 Å². The Balaban J connectivity index is 2.02. The van der Waals surface area contributed by atoms with Crippen LogP contribution in [0.1, 0.15) is 103 Å². The first-order valence-corrected chi connectivity index (χ1v) is 12.0. The smallest absolute Gasteiger partial charge is 0.131 e. The first-order valence-electron chi connectivity index (χ1n) is 12.0. The lowest BCUT2D eigenvalue weighted by molar-refractivity contribution is 0.469. The summed E-state index contributed by atoms with van der Waals surface area (Å²) >= 11 is 0. The lowest BCUT2D eigenvalue weighted by atomic mass is 9.88. The van der Waals surface area contributed by atoms with Crippen molar-refractivity contribution >= 4 is 0 Å². The molecule has 2 rings (SSSR count). The van der Waals surface area contributed by atoms with Gasteiger partial charge in [-0.15, -0.1) is 0 Å². The van der Waals surface area contributed by atoms with Crippen LogP contribution in [0.15, 0.2) is 42.5 Å². The number of benzene rings is 2. The van der Waals surface area contributed by atoms with Gasteiger partial charge >= 0.3 is 0 Å². The van der Waals surface area contributed by atoms with E-state index in [-0.39, 0.29) is 5.82 Å². The van der Waals surface area contributed by atoms with Crippen LogP contribution >= 0.6 is 0 Å². The van der Waals surface area contributed by atoms with E-state index in [9.17, 15) is 4.39 Å². The van der Waals surface area contributed by atoms with Crippen molar-refractivity contribution in [2.45, 2.75) is 97.8 Å². The molecule has 0 saturated carbocycles. The van der Waals surface area contributed by atoms with E-state index in [1.807, 2.05) is 6.07 Å². The molecular weight excluding hydrogens is 355 g/mol. The Morgan fingerprint density at radius 1 is 0.759 bits per heavy atom. The average Bonchev–Trinajstić information content (AvgIpc) is 2.72. The standard InChI is InChI=1S/C28H41F/c1-5-8-14-24(11-7-3)25-16-18-26(19-17-25)27-20-15-23(21-28(27)29)13-9-12-22(4)10-6-2/h15-22,24H,5-14H2,1-4H3. The molecule has 29 heavy (non-hydrogen) atoms. The highest BCUT2D eigenvalue weighted by molar-refractivity contribution is 5.65. The summed E-state index contributed by atoms with van der Waals surface area (Å²) in [7, 11) is 0. The predicted octanol–water partition coefficient (Wildman–Crippen LogP) is 9.33. The summed E-state index contributed by atoms with van der Waals surface area (Å²) < 4.78 is 14.8. The second-order valence-corrected chi connectivity index (χ2v) is 8.85. The minimum absolute atomic E-state index is 0.0899. The average molecular weight is 397 g/mol. The zero-order valence-electron chi connectivity index (χ0n) is 19.1. The summed E-state index contributed by atoms with van der Waals surface area (Å²) in [5.41, 5.74) is 4.23. The molecule has 0 bridgehead atoms. The van der Waals surface area contributed by atoms with Crippen LogP contribution in [0.5, 0.6) is 0 Å². The van der Waals surface area contributed by atoms with Gasteiger partial charge in [-0.25, -0.2) is 4.39 Å². The van der Waals surface area contributed by atoms with Gasteiger partial charge in [0.1, 0.15) is 5.82 Å². The van der Waals surface area contributed by atoms with Crippen molar-refractivity contribution in [2.75, 3.05) is 0 Å². The molecule has 0 aliphatic heterocycles. The molecule has 0 N–H and O–H groups in total. The fourth-order valence-electron chi connectivity index (χ4n) is 4.45. The second-order valence-electron chi connectivity index (χ2n) is 8.85. The highest BCUT2D eigenvalue weighted by atomic mass is 19.1. The molecule has 2 aromatic carbocycles. The highest BCUT2D eigenvalue weighted by Crippen LogP contribution is 2.30. The van der Waals surface area contributed by atoms with Crippen LogP contribution in [-0.4, -0.2) is 0 Å². The Kier molecular flexibility index (Phi) is 10.5. The Labute approximate surface area is 178 Å². The topological polar surface area (TPSA) is 0 Å². The third-order valence-corrected chi connectivity index (χ3v) is 6.21. The third kappa shape index (κ3) is 7.61. The minimum atomic E-state index is -0.0899. The SMILES string of the molecule is CCCCC(CCC)c1ccc(-c2ccc(CCCC(C)CCC)cc2F)cc1. The van der Waals surface area contributed by atoms with Crippen molar-refractivity contribution in [2.24, 2.45) is 5.92 Å². The van der Waals surface area contributed by atoms with Crippen LogP contribution in [-0.2, 0) is 6.42 Å².